The first-order valence-corrected chi connectivity index (χ1v) is 11.6. The van der Waals surface area contributed by atoms with Gasteiger partial charge in [0.1, 0.15) is 9.77 Å². The Balaban J connectivity index is 1.62. The van der Waals surface area contributed by atoms with E-state index in [2.05, 4.69) is 19.4 Å². The molecule has 30 heavy (non-hydrogen) atoms. The van der Waals surface area contributed by atoms with Crippen LogP contribution in [0.2, 0.25) is 0 Å². The van der Waals surface area contributed by atoms with Crippen LogP contribution < -0.4 is 5.32 Å². The number of amidine groups is 1. The number of nitrogens with zero attached hydrogens (tertiary/aromatic N) is 2. The topological polar surface area (TPSA) is 115 Å². The van der Waals surface area contributed by atoms with Gasteiger partial charge in [0.15, 0.2) is 5.17 Å². The molecule has 1 amide bonds. The zero-order valence-electron chi connectivity index (χ0n) is 15.4. The van der Waals surface area contributed by atoms with Crippen LogP contribution in [-0.2, 0) is 19.6 Å². The van der Waals surface area contributed by atoms with Crippen LogP contribution >= 0.6 is 23.1 Å². The lowest BCUT2D eigenvalue weighted by Gasteiger charge is -2.01. The molecule has 1 fully saturated rings. The average molecular weight is 460 g/mol. The molecule has 0 bridgehead atoms. The van der Waals surface area contributed by atoms with Gasteiger partial charge in [-0.3, -0.25) is 15.1 Å². The zero-order chi connectivity index (χ0) is 21.3. The largest absolute Gasteiger partial charge is 0.465 e. The minimum atomic E-state index is -4.21. The second kappa shape index (κ2) is 8.01. The summed E-state index contributed by atoms with van der Waals surface area (Å²) in [6.45, 7) is 0. The summed E-state index contributed by atoms with van der Waals surface area (Å²) >= 11 is 1.84. The first kappa shape index (κ1) is 20.3. The Hall–Kier alpha value is -3.02. The van der Waals surface area contributed by atoms with Gasteiger partial charge in [-0.2, -0.15) is 8.42 Å². The third-order valence-corrected chi connectivity index (χ3v) is 7.42. The van der Waals surface area contributed by atoms with Crippen LogP contribution in [0.3, 0.4) is 0 Å². The highest BCUT2D eigenvalue weighted by Crippen LogP contribution is 2.30. The molecular formula is C19H13N3O5S3. The van der Waals surface area contributed by atoms with Gasteiger partial charge >= 0.3 is 5.97 Å². The molecule has 0 unspecified atom stereocenters. The molecule has 1 N–H and O–H groups in total. The van der Waals surface area contributed by atoms with Crippen LogP contribution in [0.5, 0.6) is 0 Å². The van der Waals surface area contributed by atoms with E-state index in [1.54, 1.807) is 12.3 Å². The maximum absolute atomic E-state index is 12.6. The van der Waals surface area contributed by atoms with Crippen molar-refractivity contribution in [2.24, 2.45) is 4.40 Å². The first-order chi connectivity index (χ1) is 14.4. The molecule has 8 nitrogen and oxygen atoms in total. The van der Waals surface area contributed by atoms with Crippen molar-refractivity contribution >= 4 is 67.1 Å². The van der Waals surface area contributed by atoms with Crippen molar-refractivity contribution < 1.29 is 22.7 Å². The number of carbonyl (C=O) groups excluding carboxylic acids is 2. The van der Waals surface area contributed by atoms with Crippen LogP contribution in [-0.4, -0.2) is 37.6 Å². The van der Waals surface area contributed by atoms with Crippen molar-refractivity contribution in [1.29, 1.82) is 0 Å². The van der Waals surface area contributed by atoms with Gasteiger partial charge in [0.25, 0.3) is 15.9 Å². The molecule has 1 aromatic carbocycles. The summed E-state index contributed by atoms with van der Waals surface area (Å²) in [5.41, 5.74) is 1.59. The summed E-state index contributed by atoms with van der Waals surface area (Å²) in [6.07, 6.45) is 3.34. The summed E-state index contributed by atoms with van der Waals surface area (Å²) in [7, 11) is -3.04. The number of thioether (sulfide) groups is 1. The van der Waals surface area contributed by atoms with Crippen LogP contribution in [0, 0.1) is 0 Å². The van der Waals surface area contributed by atoms with E-state index in [0.29, 0.717) is 4.91 Å². The number of aromatic nitrogens is 1. The van der Waals surface area contributed by atoms with E-state index in [1.165, 1.54) is 11.4 Å². The SMILES string of the molecule is COC(=O)c1sccc1S(=O)(=O)/N=C1\NC(=O)/C(=C/c2ccc3ncccc3c2)S1. The second-order valence-corrected chi connectivity index (χ2v) is 9.52. The van der Waals surface area contributed by atoms with E-state index in [0.717, 1.165) is 46.7 Å². The fourth-order valence-electron chi connectivity index (χ4n) is 2.71. The Morgan fingerprint density at radius 2 is 2.10 bits per heavy atom. The molecule has 1 aliphatic rings. The van der Waals surface area contributed by atoms with Crippen LogP contribution in [0.25, 0.3) is 17.0 Å². The van der Waals surface area contributed by atoms with Crippen molar-refractivity contribution in [3.63, 3.8) is 0 Å². The number of nitrogens with one attached hydrogen (secondary N) is 1. The number of thiophene rings is 1. The van der Waals surface area contributed by atoms with E-state index >= 15 is 0 Å². The number of hydrogen-bond donors (Lipinski definition) is 1. The molecule has 0 saturated carbocycles. The van der Waals surface area contributed by atoms with E-state index in [-0.39, 0.29) is 14.9 Å². The normalized spacial score (nSPS) is 16.9. The molecule has 4 rings (SSSR count). The van der Waals surface area contributed by atoms with E-state index in [9.17, 15) is 18.0 Å². The van der Waals surface area contributed by atoms with Crippen molar-refractivity contribution in [3.8, 4) is 0 Å². The number of esters is 1. The molecule has 11 heteroatoms. The number of carbonyl (C=O) groups is 2. The van der Waals surface area contributed by atoms with Gasteiger partial charge in [-0.25, -0.2) is 4.79 Å². The fourth-order valence-corrected chi connectivity index (χ4v) is 6.01. The predicted octanol–water partition coefficient (Wildman–Crippen LogP) is 3.03. The van der Waals surface area contributed by atoms with Crippen molar-refractivity contribution in [1.82, 2.24) is 10.3 Å². The van der Waals surface area contributed by atoms with E-state index < -0.39 is 21.9 Å². The van der Waals surface area contributed by atoms with Gasteiger partial charge in [-0.1, -0.05) is 12.1 Å². The highest BCUT2D eigenvalue weighted by molar-refractivity contribution is 8.19. The lowest BCUT2D eigenvalue weighted by atomic mass is 10.1. The van der Waals surface area contributed by atoms with Gasteiger partial charge in [0, 0.05) is 11.6 Å². The van der Waals surface area contributed by atoms with Crippen molar-refractivity contribution in [3.05, 3.63) is 63.3 Å². The first-order valence-electron chi connectivity index (χ1n) is 8.44. The van der Waals surface area contributed by atoms with Gasteiger partial charge in [-0.15, -0.1) is 15.7 Å². The third-order valence-electron chi connectivity index (χ3n) is 4.06. The quantitative estimate of drug-likeness (QED) is 0.471. The van der Waals surface area contributed by atoms with Crippen molar-refractivity contribution in [2.45, 2.75) is 4.90 Å². The standard InChI is InChI=1S/C19H13N3O5S3/c1-27-18(24)16-15(6-8-28-16)30(25,26)22-19-21-17(23)14(29-19)10-11-4-5-13-12(9-11)3-2-7-20-13/h2-10H,1H3,(H,21,22,23)/b14-10-. The number of hydrogen-bond acceptors (Lipinski definition) is 8. The summed E-state index contributed by atoms with van der Waals surface area (Å²) in [5, 5.41) is 4.73. The van der Waals surface area contributed by atoms with Crippen LogP contribution in [0.15, 0.2) is 62.2 Å². The highest BCUT2D eigenvalue weighted by Gasteiger charge is 2.29. The van der Waals surface area contributed by atoms with Gasteiger partial charge in [-0.05, 0) is 53.0 Å². The molecule has 3 heterocycles. The summed E-state index contributed by atoms with van der Waals surface area (Å²) in [4.78, 5) is 28.3. The van der Waals surface area contributed by atoms with Crippen LogP contribution in [0.4, 0.5) is 0 Å². The third kappa shape index (κ3) is 3.99. The zero-order valence-corrected chi connectivity index (χ0v) is 17.8. The number of pyridine rings is 1. The smallest absolute Gasteiger partial charge is 0.349 e. The number of rotatable bonds is 4. The second-order valence-electron chi connectivity index (χ2n) is 6.00. The minimum Gasteiger partial charge on any atom is -0.465 e. The van der Waals surface area contributed by atoms with Gasteiger partial charge in [0.05, 0.1) is 17.5 Å². The van der Waals surface area contributed by atoms with Gasteiger partial charge < -0.3 is 4.74 Å². The Morgan fingerprint density at radius 1 is 1.27 bits per heavy atom. The number of fused-ring (bicyclic) bond motifs is 1. The van der Waals surface area contributed by atoms with Crippen molar-refractivity contribution in [2.75, 3.05) is 7.11 Å². The molecule has 0 spiro atoms. The number of ether oxygens (including phenoxy) is 1. The Kier molecular flexibility index (Phi) is 5.41. The molecule has 0 aliphatic carbocycles. The number of benzene rings is 1. The molecule has 1 saturated heterocycles. The number of sulfonamides is 1. The van der Waals surface area contributed by atoms with E-state index in [4.69, 9.17) is 0 Å². The monoisotopic (exact) mass is 459 g/mol. The summed E-state index contributed by atoms with van der Waals surface area (Å²) < 4.78 is 33.5. The number of amides is 1. The van der Waals surface area contributed by atoms with Crippen LogP contribution in [0.1, 0.15) is 15.2 Å². The Labute approximate surface area is 179 Å². The molecular weight excluding hydrogens is 446 g/mol. The molecule has 1 aliphatic heterocycles. The molecule has 152 valence electrons. The minimum absolute atomic E-state index is 0.0725. The summed E-state index contributed by atoms with van der Waals surface area (Å²) in [5.74, 6) is -1.22. The lowest BCUT2D eigenvalue weighted by molar-refractivity contribution is -0.115. The molecule has 0 radical (unpaired) electrons. The highest BCUT2D eigenvalue weighted by atomic mass is 32.2. The molecule has 3 aromatic rings. The Morgan fingerprint density at radius 3 is 2.90 bits per heavy atom. The summed E-state index contributed by atoms with van der Waals surface area (Å²) in [6, 6.07) is 10.5. The Bertz CT molecular complexity index is 1340. The van der Waals surface area contributed by atoms with Gasteiger partial charge in [0.2, 0.25) is 0 Å². The maximum atomic E-state index is 12.6. The molecule has 0 atom stereocenters. The number of methoxy groups -OCH3 is 1. The lowest BCUT2D eigenvalue weighted by Crippen LogP contribution is -2.21. The maximum Gasteiger partial charge on any atom is 0.349 e. The predicted molar refractivity (Wildman–Crippen MR) is 116 cm³/mol. The fraction of sp³-hybridized carbons (Fsp3) is 0.0526. The average Bonchev–Trinajstić information content (AvgIpc) is 3.35. The van der Waals surface area contributed by atoms with E-state index in [1.807, 2.05) is 30.3 Å². The molecule has 2 aromatic heterocycles.